The van der Waals surface area contributed by atoms with E-state index in [-0.39, 0.29) is 40.0 Å². The average molecular weight is 307 g/mol. The van der Waals surface area contributed by atoms with Crippen LogP contribution in [0.15, 0.2) is 17.7 Å². The summed E-state index contributed by atoms with van der Waals surface area (Å²) in [5.41, 5.74) is 1.27. The molecule has 0 fully saturated rings. The molecule has 3 N–H and O–H groups in total. The Morgan fingerprint density at radius 3 is 1.21 bits per heavy atom. The van der Waals surface area contributed by atoms with E-state index in [4.69, 9.17) is 15.3 Å². The second-order valence-electron chi connectivity index (χ2n) is 4.75. The van der Waals surface area contributed by atoms with E-state index in [0.29, 0.717) is 0 Å². The fourth-order valence-electron chi connectivity index (χ4n) is 0.515. The first-order valence-corrected chi connectivity index (χ1v) is 6.37. The molecule has 0 atom stereocenters. The minimum atomic E-state index is -0.167. The van der Waals surface area contributed by atoms with E-state index >= 15 is 0 Å². The van der Waals surface area contributed by atoms with Crippen LogP contribution in [0.4, 0.5) is 0 Å². The molecular formula is C15H31O3Ti-. The maximum atomic E-state index is 8.06. The van der Waals surface area contributed by atoms with Gasteiger partial charge in [0.15, 0.2) is 0 Å². The zero-order chi connectivity index (χ0) is 15.1. The third-order valence-electron chi connectivity index (χ3n) is 0.867. The van der Waals surface area contributed by atoms with Crippen LogP contribution in [0.5, 0.6) is 0 Å². The second-order valence-corrected chi connectivity index (χ2v) is 4.75. The largest absolute Gasteiger partial charge is 0.394 e. The molecule has 0 heterocycles. The van der Waals surface area contributed by atoms with Crippen LogP contribution in [-0.2, 0) is 21.7 Å². The van der Waals surface area contributed by atoms with Crippen molar-refractivity contribution < 1.29 is 37.0 Å². The summed E-state index contributed by atoms with van der Waals surface area (Å²) in [7, 11) is 0. The molecule has 0 aromatic carbocycles. The van der Waals surface area contributed by atoms with E-state index in [2.05, 4.69) is 25.2 Å². The van der Waals surface area contributed by atoms with Gasteiger partial charge in [-0.2, -0.15) is 6.08 Å². The molecule has 0 aromatic heterocycles. The van der Waals surface area contributed by atoms with Crippen molar-refractivity contribution in [2.45, 2.75) is 73.2 Å². The zero-order valence-electron chi connectivity index (χ0n) is 13.4. The van der Waals surface area contributed by atoms with Gasteiger partial charge in [-0.15, -0.1) is 6.42 Å². The van der Waals surface area contributed by atoms with Gasteiger partial charge >= 0.3 is 0 Å². The van der Waals surface area contributed by atoms with Crippen molar-refractivity contribution in [1.29, 1.82) is 0 Å². The molecule has 0 radical (unpaired) electrons. The maximum Gasteiger partial charge on any atom is 0.0483 e. The van der Waals surface area contributed by atoms with E-state index in [1.165, 1.54) is 5.57 Å². The molecule has 4 heteroatoms. The number of hydrogen-bond donors (Lipinski definition) is 3. The Labute approximate surface area is 134 Å². The minimum absolute atomic E-state index is 0. The van der Waals surface area contributed by atoms with Crippen molar-refractivity contribution in [1.82, 2.24) is 0 Å². The molecule has 0 amide bonds. The summed E-state index contributed by atoms with van der Waals surface area (Å²) in [6.07, 6.45) is 7.83. The van der Waals surface area contributed by atoms with Crippen LogP contribution in [0.3, 0.4) is 0 Å². The molecule has 0 unspecified atom stereocenters. The molecule has 3 nitrogen and oxygen atoms in total. The summed E-state index contributed by atoms with van der Waals surface area (Å²) in [6.45, 7) is 12.4. The van der Waals surface area contributed by atoms with Crippen molar-refractivity contribution in [2.75, 3.05) is 0 Å². The fourth-order valence-corrected chi connectivity index (χ4v) is 0.515. The summed E-state index contributed by atoms with van der Waals surface area (Å²) in [4.78, 5) is 0. The van der Waals surface area contributed by atoms with Crippen LogP contribution < -0.4 is 0 Å². The Kier molecular flexibility index (Phi) is 29.4. The topological polar surface area (TPSA) is 60.7 Å². The Morgan fingerprint density at radius 2 is 1.16 bits per heavy atom. The van der Waals surface area contributed by atoms with Crippen molar-refractivity contribution in [3.63, 3.8) is 0 Å². The summed E-state index contributed by atoms with van der Waals surface area (Å²) in [6, 6.07) is 0. The van der Waals surface area contributed by atoms with Crippen LogP contribution in [0.2, 0.25) is 0 Å². The van der Waals surface area contributed by atoms with Crippen molar-refractivity contribution in [3.8, 4) is 0 Å². The van der Waals surface area contributed by atoms with Crippen LogP contribution in [0.25, 0.3) is 0 Å². The molecule has 1 aliphatic rings. The van der Waals surface area contributed by atoms with Crippen LogP contribution in [0, 0.1) is 6.08 Å². The third kappa shape index (κ3) is 93.3. The molecule has 0 bridgehead atoms. The minimum Gasteiger partial charge on any atom is -0.394 e. The smallest absolute Gasteiger partial charge is 0.0483 e. The van der Waals surface area contributed by atoms with Crippen molar-refractivity contribution in [3.05, 3.63) is 23.8 Å². The quantitative estimate of drug-likeness (QED) is 0.476. The third-order valence-corrected chi connectivity index (χ3v) is 0.867. The van der Waals surface area contributed by atoms with Gasteiger partial charge in [-0.05, 0) is 41.5 Å². The molecule has 0 saturated carbocycles. The standard InChI is InChI=1S/C6H7.3C3H8O.Ti/c1-6-4-2-3-5-6;3*1-3(2)4;/h2,4H,3H2,1H3;3*3-4H,1-2H3;/q-1;;;;. The average Bonchev–Trinajstić information content (AvgIpc) is 2.51. The summed E-state index contributed by atoms with van der Waals surface area (Å²) in [5, 5.41) is 24.2. The molecule has 0 saturated heterocycles. The molecule has 0 spiro atoms. The Balaban J connectivity index is -0.0000000796. The van der Waals surface area contributed by atoms with Crippen molar-refractivity contribution in [2.24, 2.45) is 0 Å². The van der Waals surface area contributed by atoms with Gasteiger partial charge in [0.1, 0.15) is 0 Å². The van der Waals surface area contributed by atoms with Crippen LogP contribution >= 0.6 is 0 Å². The zero-order valence-corrected chi connectivity index (χ0v) is 15.0. The summed E-state index contributed by atoms with van der Waals surface area (Å²) < 4.78 is 0. The molecule has 19 heavy (non-hydrogen) atoms. The van der Waals surface area contributed by atoms with Gasteiger partial charge in [0.25, 0.3) is 0 Å². The summed E-state index contributed by atoms with van der Waals surface area (Å²) in [5.74, 6) is 0. The van der Waals surface area contributed by atoms with Crippen molar-refractivity contribution >= 4 is 0 Å². The number of aliphatic hydroxyl groups is 3. The number of rotatable bonds is 0. The van der Waals surface area contributed by atoms with Gasteiger partial charge in [-0.25, -0.2) is 11.6 Å². The first-order chi connectivity index (χ1) is 8.09. The van der Waals surface area contributed by atoms with Gasteiger partial charge in [0.05, 0.1) is 0 Å². The maximum absolute atomic E-state index is 8.06. The number of allylic oxidation sites excluding steroid dienone is 4. The fraction of sp³-hybridized carbons (Fsp3) is 0.733. The predicted molar refractivity (Wildman–Crippen MR) is 78.3 cm³/mol. The van der Waals surface area contributed by atoms with Gasteiger partial charge in [0.2, 0.25) is 0 Å². The van der Waals surface area contributed by atoms with Crippen LogP contribution in [-0.4, -0.2) is 33.6 Å². The van der Waals surface area contributed by atoms with Gasteiger partial charge in [-0.1, -0.05) is 6.92 Å². The van der Waals surface area contributed by atoms with E-state index in [9.17, 15) is 0 Å². The Morgan fingerprint density at radius 1 is 0.895 bits per heavy atom. The van der Waals surface area contributed by atoms with E-state index in [0.717, 1.165) is 6.42 Å². The molecular weight excluding hydrogens is 276 g/mol. The van der Waals surface area contributed by atoms with Gasteiger partial charge < -0.3 is 15.3 Å². The SMILES string of the molecule is CC(C)O.CC(C)O.CC(C)O.CC1=[C-]CC=C1.[Ti]. The molecule has 114 valence electrons. The molecule has 1 rings (SSSR count). The van der Waals surface area contributed by atoms with E-state index in [1.807, 2.05) is 0 Å². The number of hydrogen-bond acceptors (Lipinski definition) is 3. The van der Waals surface area contributed by atoms with Gasteiger partial charge in [-0.3, -0.25) is 6.08 Å². The summed E-state index contributed by atoms with van der Waals surface area (Å²) >= 11 is 0. The molecule has 0 aliphatic heterocycles. The normalized spacial score (nSPS) is 11.5. The van der Waals surface area contributed by atoms with Gasteiger partial charge in [0, 0.05) is 40.0 Å². The second kappa shape index (κ2) is 20.4. The molecule has 0 aromatic rings. The first-order valence-electron chi connectivity index (χ1n) is 6.37. The number of aliphatic hydroxyl groups excluding tert-OH is 3. The predicted octanol–water partition coefficient (Wildman–Crippen LogP) is 2.85. The Hall–Kier alpha value is 0.0743. The van der Waals surface area contributed by atoms with E-state index in [1.54, 1.807) is 41.5 Å². The Bertz CT molecular complexity index is 184. The van der Waals surface area contributed by atoms with Crippen LogP contribution in [0.1, 0.15) is 54.9 Å². The van der Waals surface area contributed by atoms with E-state index < -0.39 is 0 Å². The monoisotopic (exact) mass is 307 g/mol. The molecule has 1 aliphatic carbocycles. The first kappa shape index (κ1) is 27.4.